The van der Waals surface area contributed by atoms with E-state index in [1.54, 1.807) is 11.9 Å². The first-order chi connectivity index (χ1) is 11.0. The third-order valence-electron chi connectivity index (χ3n) is 3.31. The van der Waals surface area contributed by atoms with Crippen LogP contribution in [0, 0.1) is 5.82 Å². The fourth-order valence-corrected chi connectivity index (χ4v) is 2.15. The third-order valence-corrected chi connectivity index (χ3v) is 3.54. The summed E-state index contributed by atoms with van der Waals surface area (Å²) in [5, 5.41) is 10.6. The van der Waals surface area contributed by atoms with E-state index in [-0.39, 0.29) is 17.5 Å². The van der Waals surface area contributed by atoms with E-state index in [1.165, 1.54) is 12.1 Å². The molecule has 0 radical (unpaired) electrons. The molecule has 10 heteroatoms. The van der Waals surface area contributed by atoms with Gasteiger partial charge in [0.1, 0.15) is 5.82 Å². The van der Waals surface area contributed by atoms with Crippen LogP contribution in [0.2, 0.25) is 5.02 Å². The maximum Gasteiger partial charge on any atom is 0.490 e. The number of hydrogen-bond acceptors (Lipinski definition) is 3. The van der Waals surface area contributed by atoms with Gasteiger partial charge in [-0.15, -0.1) is 0 Å². The molecular formula is C14H15ClF4N2O3. The van der Waals surface area contributed by atoms with Crippen LogP contribution in [-0.2, 0) is 4.79 Å². The predicted octanol–water partition coefficient (Wildman–Crippen LogP) is 2.55. The maximum absolute atomic E-state index is 13.6. The number of aliphatic carboxylic acids is 1. The Kier molecular flexibility index (Phi) is 6.97. The summed E-state index contributed by atoms with van der Waals surface area (Å²) in [6.45, 7) is 1.66. The lowest BCUT2D eigenvalue weighted by atomic mass is 10.1. The molecule has 1 aliphatic heterocycles. The monoisotopic (exact) mass is 370 g/mol. The molecule has 24 heavy (non-hydrogen) atoms. The number of nitrogens with zero attached hydrogens (tertiary/aromatic N) is 1. The van der Waals surface area contributed by atoms with E-state index >= 15 is 0 Å². The maximum atomic E-state index is 13.6. The first-order valence-corrected chi connectivity index (χ1v) is 7.15. The minimum atomic E-state index is -5.08. The largest absolute Gasteiger partial charge is 0.490 e. The number of carboxylic acids is 1. The molecule has 2 rings (SSSR count). The number of likely N-dealkylation sites (N-methyl/N-ethyl adjacent to an activating group) is 1. The summed E-state index contributed by atoms with van der Waals surface area (Å²) >= 11 is 5.65. The highest BCUT2D eigenvalue weighted by atomic mass is 35.5. The standard InChI is InChI=1S/C12H14ClFN2O.C2HF3O2/c1-16(9-4-5-15-7-9)12(17)10-3-2-8(13)6-11(10)14;3-2(4,5)1(6)7/h2-3,6,9,15H,4-5,7H2,1H3;(H,6,7). The molecule has 5 nitrogen and oxygen atoms in total. The lowest BCUT2D eigenvalue weighted by Crippen LogP contribution is -2.38. The molecule has 1 heterocycles. The molecule has 2 N–H and O–H groups in total. The second-order valence-electron chi connectivity index (χ2n) is 4.99. The van der Waals surface area contributed by atoms with Gasteiger partial charge in [-0.2, -0.15) is 13.2 Å². The van der Waals surface area contributed by atoms with Gasteiger partial charge in [0.2, 0.25) is 0 Å². The van der Waals surface area contributed by atoms with Crippen LogP contribution in [0.3, 0.4) is 0 Å². The van der Waals surface area contributed by atoms with E-state index in [1.807, 2.05) is 0 Å². The number of alkyl halides is 3. The van der Waals surface area contributed by atoms with E-state index in [2.05, 4.69) is 5.32 Å². The van der Waals surface area contributed by atoms with Gasteiger partial charge in [0.05, 0.1) is 5.56 Å². The number of hydrogen-bond donors (Lipinski definition) is 2. The zero-order chi connectivity index (χ0) is 18.5. The molecule has 0 aromatic heterocycles. The number of benzene rings is 1. The van der Waals surface area contributed by atoms with Crippen molar-refractivity contribution in [2.75, 3.05) is 20.1 Å². The second-order valence-corrected chi connectivity index (χ2v) is 5.43. The lowest BCUT2D eigenvalue weighted by molar-refractivity contribution is -0.192. The van der Waals surface area contributed by atoms with Crippen LogP contribution >= 0.6 is 11.6 Å². The number of carbonyl (C=O) groups excluding carboxylic acids is 1. The fourth-order valence-electron chi connectivity index (χ4n) is 1.99. The van der Waals surface area contributed by atoms with Crippen LogP contribution in [0.5, 0.6) is 0 Å². The Morgan fingerprint density at radius 1 is 1.38 bits per heavy atom. The summed E-state index contributed by atoms with van der Waals surface area (Å²) in [6, 6.07) is 4.25. The minimum Gasteiger partial charge on any atom is -0.475 e. The Bertz CT molecular complexity index is 604. The fraction of sp³-hybridized carbons (Fsp3) is 0.429. The molecule has 0 aliphatic carbocycles. The van der Waals surface area contributed by atoms with Crippen LogP contribution in [0.25, 0.3) is 0 Å². The summed E-state index contributed by atoms with van der Waals surface area (Å²) < 4.78 is 45.3. The number of rotatable bonds is 2. The van der Waals surface area contributed by atoms with E-state index in [0.717, 1.165) is 25.6 Å². The molecule has 134 valence electrons. The van der Waals surface area contributed by atoms with Gasteiger partial charge in [-0.1, -0.05) is 11.6 Å². The summed E-state index contributed by atoms with van der Waals surface area (Å²) in [5.74, 6) is -3.62. The molecule has 1 aromatic carbocycles. The number of carboxylic acid groups (broad SMARTS) is 1. The third kappa shape index (κ3) is 5.64. The van der Waals surface area contributed by atoms with Gasteiger partial charge in [-0.05, 0) is 31.2 Å². The minimum absolute atomic E-state index is 0.0730. The lowest BCUT2D eigenvalue weighted by Gasteiger charge is -2.24. The van der Waals surface area contributed by atoms with Gasteiger partial charge < -0.3 is 15.3 Å². The van der Waals surface area contributed by atoms with Gasteiger partial charge in [-0.3, -0.25) is 4.79 Å². The molecular weight excluding hydrogens is 356 g/mol. The zero-order valence-electron chi connectivity index (χ0n) is 12.5. The molecule has 1 unspecified atom stereocenters. The van der Waals surface area contributed by atoms with Crippen LogP contribution in [0.4, 0.5) is 17.6 Å². The van der Waals surface area contributed by atoms with Crippen LogP contribution in [0.15, 0.2) is 18.2 Å². The van der Waals surface area contributed by atoms with E-state index in [0.29, 0.717) is 5.02 Å². The van der Waals surface area contributed by atoms with Crippen molar-refractivity contribution in [2.24, 2.45) is 0 Å². The van der Waals surface area contributed by atoms with Crippen molar-refractivity contribution in [1.82, 2.24) is 10.2 Å². The Balaban J connectivity index is 0.000000351. The number of carbonyl (C=O) groups is 2. The zero-order valence-corrected chi connectivity index (χ0v) is 13.3. The Hall–Kier alpha value is -1.87. The normalized spacial score (nSPS) is 17.0. The van der Waals surface area contributed by atoms with Gasteiger partial charge in [-0.25, -0.2) is 9.18 Å². The molecule has 0 bridgehead atoms. The topological polar surface area (TPSA) is 69.6 Å². The van der Waals surface area contributed by atoms with Crippen molar-refractivity contribution < 1.29 is 32.3 Å². The van der Waals surface area contributed by atoms with E-state index in [9.17, 15) is 22.4 Å². The molecule has 1 atom stereocenters. The number of nitrogens with one attached hydrogen (secondary N) is 1. The molecule has 1 fully saturated rings. The SMILES string of the molecule is CN(C(=O)c1ccc(Cl)cc1F)C1CCNC1.O=C(O)C(F)(F)F. The number of amides is 1. The van der Waals surface area contributed by atoms with Crippen LogP contribution in [0.1, 0.15) is 16.8 Å². The summed E-state index contributed by atoms with van der Waals surface area (Å²) in [4.78, 5) is 22.6. The van der Waals surface area contributed by atoms with Crippen molar-refractivity contribution in [3.63, 3.8) is 0 Å². The Labute approximate surface area is 140 Å². The first-order valence-electron chi connectivity index (χ1n) is 6.77. The average molecular weight is 371 g/mol. The highest BCUT2D eigenvalue weighted by Gasteiger charge is 2.38. The molecule has 1 saturated heterocycles. The van der Waals surface area contributed by atoms with Gasteiger partial charge in [0.25, 0.3) is 5.91 Å². The molecule has 1 aromatic rings. The van der Waals surface area contributed by atoms with Gasteiger partial charge >= 0.3 is 12.1 Å². The highest BCUT2D eigenvalue weighted by molar-refractivity contribution is 6.30. The Morgan fingerprint density at radius 3 is 2.38 bits per heavy atom. The Morgan fingerprint density at radius 2 is 1.96 bits per heavy atom. The summed E-state index contributed by atoms with van der Waals surface area (Å²) in [7, 11) is 1.70. The van der Waals surface area contributed by atoms with E-state index in [4.69, 9.17) is 21.5 Å². The van der Waals surface area contributed by atoms with Gasteiger partial charge in [0, 0.05) is 24.7 Å². The van der Waals surface area contributed by atoms with E-state index < -0.39 is 18.0 Å². The molecule has 0 saturated carbocycles. The van der Waals surface area contributed by atoms with Crippen molar-refractivity contribution in [1.29, 1.82) is 0 Å². The smallest absolute Gasteiger partial charge is 0.475 e. The van der Waals surface area contributed by atoms with Crippen LogP contribution in [-0.4, -0.2) is 54.2 Å². The first kappa shape index (κ1) is 20.2. The highest BCUT2D eigenvalue weighted by Crippen LogP contribution is 2.18. The van der Waals surface area contributed by atoms with Crippen LogP contribution < -0.4 is 5.32 Å². The van der Waals surface area contributed by atoms with Crippen molar-refractivity contribution in [2.45, 2.75) is 18.6 Å². The molecule has 1 aliphatic rings. The summed E-state index contributed by atoms with van der Waals surface area (Å²) in [6.07, 6.45) is -4.18. The second kappa shape index (κ2) is 8.29. The number of halogens is 5. The van der Waals surface area contributed by atoms with Crippen molar-refractivity contribution in [3.05, 3.63) is 34.6 Å². The van der Waals surface area contributed by atoms with Crippen molar-refractivity contribution in [3.8, 4) is 0 Å². The van der Waals surface area contributed by atoms with Crippen molar-refractivity contribution >= 4 is 23.5 Å². The summed E-state index contributed by atoms with van der Waals surface area (Å²) in [5.41, 5.74) is 0.0730. The predicted molar refractivity (Wildman–Crippen MR) is 78.5 cm³/mol. The quantitative estimate of drug-likeness (QED) is 0.785. The molecule has 1 amide bonds. The van der Waals surface area contributed by atoms with Gasteiger partial charge in [0.15, 0.2) is 0 Å². The molecule has 0 spiro atoms. The average Bonchev–Trinajstić information content (AvgIpc) is 2.99.